The molecule has 6 nitrogen and oxygen atoms in total. The first kappa shape index (κ1) is 22.7. The van der Waals surface area contributed by atoms with Crippen LogP contribution in [0.15, 0.2) is 54.9 Å². The minimum absolute atomic E-state index is 0.125. The summed E-state index contributed by atoms with van der Waals surface area (Å²) in [5.41, 5.74) is 5.25. The van der Waals surface area contributed by atoms with Gasteiger partial charge in [-0.05, 0) is 72.0 Å². The lowest BCUT2D eigenvalue weighted by Crippen LogP contribution is -2.51. The van der Waals surface area contributed by atoms with Crippen molar-refractivity contribution >= 4 is 35.2 Å². The number of rotatable bonds is 4. The number of nitrogens with zero attached hydrogens (tertiary/aromatic N) is 3. The summed E-state index contributed by atoms with van der Waals surface area (Å²) in [5.74, 6) is 0.201. The van der Waals surface area contributed by atoms with Gasteiger partial charge in [-0.1, -0.05) is 36.4 Å². The van der Waals surface area contributed by atoms with Crippen molar-refractivity contribution in [3.05, 3.63) is 77.1 Å². The van der Waals surface area contributed by atoms with E-state index in [9.17, 15) is 9.59 Å². The van der Waals surface area contributed by atoms with E-state index in [2.05, 4.69) is 62.6 Å². The van der Waals surface area contributed by atoms with Gasteiger partial charge in [0.05, 0.1) is 11.4 Å². The number of carbonyl (C=O) groups excluding carboxylic acids is 2. The second kappa shape index (κ2) is 9.37. The standard InChI is InChI=1S/C28H30N4O2S/c33-26-8-7-25(27(34)30-26)32-17-24-20(4-2-6-23(24)28(32)35)16-31-13-10-18(11-14-31)21-5-1-3-19-15-29-12-9-22(19)21/h1-6,9,12,15,18,25,28,35H,7-8,10-11,13-14,16-17H2,(H,30,33,34). The molecule has 4 heterocycles. The highest BCUT2D eigenvalue weighted by Gasteiger charge is 2.39. The van der Waals surface area contributed by atoms with Gasteiger partial charge in [0.15, 0.2) is 0 Å². The lowest BCUT2D eigenvalue weighted by atomic mass is 9.86. The number of hydrogen-bond acceptors (Lipinski definition) is 6. The SMILES string of the molecule is O=C1CCC(N2Cc3c(CN4CCC(c5cccc6cnccc56)CC4)cccc3C2S)C(=O)N1. The van der Waals surface area contributed by atoms with Crippen LogP contribution in [-0.2, 0) is 22.7 Å². The summed E-state index contributed by atoms with van der Waals surface area (Å²) in [7, 11) is 0. The van der Waals surface area contributed by atoms with E-state index in [4.69, 9.17) is 12.6 Å². The third kappa shape index (κ3) is 4.26. The molecular weight excluding hydrogens is 456 g/mol. The Hall–Kier alpha value is -2.74. The van der Waals surface area contributed by atoms with Gasteiger partial charge in [0, 0.05) is 37.3 Å². The fraction of sp³-hybridized carbons (Fsp3) is 0.393. The number of nitrogens with one attached hydrogen (secondary N) is 1. The number of fused-ring (bicyclic) bond motifs is 2. The Morgan fingerprint density at radius 2 is 1.80 bits per heavy atom. The first-order valence-electron chi connectivity index (χ1n) is 12.5. The van der Waals surface area contributed by atoms with Crippen LogP contribution in [0.1, 0.15) is 59.2 Å². The Bertz CT molecular complexity index is 1280. The van der Waals surface area contributed by atoms with Crippen LogP contribution in [0.25, 0.3) is 10.8 Å². The zero-order chi connectivity index (χ0) is 23.9. The number of carbonyl (C=O) groups is 2. The molecule has 2 atom stereocenters. The maximum Gasteiger partial charge on any atom is 0.243 e. The second-order valence-corrected chi connectivity index (χ2v) is 10.5. The summed E-state index contributed by atoms with van der Waals surface area (Å²) < 4.78 is 0. The van der Waals surface area contributed by atoms with Crippen LogP contribution in [-0.4, -0.2) is 45.7 Å². The molecule has 3 aromatic rings. The molecule has 0 bridgehead atoms. The molecule has 2 saturated heterocycles. The highest BCUT2D eigenvalue weighted by molar-refractivity contribution is 7.80. The maximum atomic E-state index is 12.5. The molecule has 3 aliphatic rings. The van der Waals surface area contributed by atoms with E-state index in [1.54, 1.807) is 0 Å². The van der Waals surface area contributed by atoms with E-state index in [1.807, 2.05) is 12.4 Å². The Labute approximate surface area is 211 Å². The van der Waals surface area contributed by atoms with Crippen molar-refractivity contribution in [2.75, 3.05) is 13.1 Å². The number of imide groups is 1. The van der Waals surface area contributed by atoms with Gasteiger partial charge in [0.1, 0.15) is 0 Å². The third-order valence-electron chi connectivity index (χ3n) is 7.99. The number of pyridine rings is 1. The summed E-state index contributed by atoms with van der Waals surface area (Å²) >= 11 is 4.88. The van der Waals surface area contributed by atoms with Crippen LogP contribution in [0.3, 0.4) is 0 Å². The highest BCUT2D eigenvalue weighted by atomic mass is 32.1. The highest BCUT2D eigenvalue weighted by Crippen LogP contribution is 2.41. The average Bonchev–Trinajstić information content (AvgIpc) is 3.21. The molecule has 2 amide bonds. The maximum absolute atomic E-state index is 12.5. The van der Waals surface area contributed by atoms with E-state index >= 15 is 0 Å². The molecule has 1 N–H and O–H groups in total. The first-order valence-corrected chi connectivity index (χ1v) is 13.0. The minimum Gasteiger partial charge on any atom is -0.299 e. The van der Waals surface area contributed by atoms with Crippen LogP contribution in [0.2, 0.25) is 0 Å². The Kier molecular flexibility index (Phi) is 6.08. The molecule has 0 radical (unpaired) electrons. The summed E-state index contributed by atoms with van der Waals surface area (Å²) in [5, 5.41) is 4.92. The van der Waals surface area contributed by atoms with Crippen LogP contribution in [0, 0.1) is 0 Å². The zero-order valence-electron chi connectivity index (χ0n) is 19.7. The number of aromatic nitrogens is 1. The summed E-state index contributed by atoms with van der Waals surface area (Å²) in [6, 6.07) is 14.9. The molecule has 3 aliphatic heterocycles. The van der Waals surface area contributed by atoms with E-state index in [1.165, 1.54) is 33.0 Å². The number of hydrogen-bond donors (Lipinski definition) is 2. The van der Waals surface area contributed by atoms with Gasteiger partial charge in [0.25, 0.3) is 0 Å². The average molecular weight is 487 g/mol. The predicted molar refractivity (Wildman–Crippen MR) is 139 cm³/mol. The third-order valence-corrected chi connectivity index (χ3v) is 8.56. The van der Waals surface area contributed by atoms with E-state index in [0.29, 0.717) is 25.3 Å². The molecule has 2 fully saturated rings. The van der Waals surface area contributed by atoms with Gasteiger partial charge < -0.3 is 0 Å². The molecule has 1 aromatic heterocycles. The van der Waals surface area contributed by atoms with Crippen molar-refractivity contribution in [1.29, 1.82) is 0 Å². The first-order chi connectivity index (χ1) is 17.1. The predicted octanol–water partition coefficient (Wildman–Crippen LogP) is 4.16. The largest absolute Gasteiger partial charge is 0.299 e. The topological polar surface area (TPSA) is 65.5 Å². The molecule has 7 heteroatoms. The molecule has 180 valence electrons. The van der Waals surface area contributed by atoms with Crippen molar-refractivity contribution in [2.24, 2.45) is 0 Å². The van der Waals surface area contributed by atoms with Crippen molar-refractivity contribution in [1.82, 2.24) is 20.1 Å². The molecule has 2 unspecified atom stereocenters. The monoisotopic (exact) mass is 486 g/mol. The molecule has 0 saturated carbocycles. The van der Waals surface area contributed by atoms with Gasteiger partial charge in [-0.25, -0.2) is 0 Å². The van der Waals surface area contributed by atoms with E-state index < -0.39 is 0 Å². The Morgan fingerprint density at radius 1 is 1.00 bits per heavy atom. The number of likely N-dealkylation sites (tertiary alicyclic amines) is 1. The molecule has 35 heavy (non-hydrogen) atoms. The fourth-order valence-electron chi connectivity index (χ4n) is 6.11. The zero-order valence-corrected chi connectivity index (χ0v) is 20.6. The van der Waals surface area contributed by atoms with Crippen molar-refractivity contribution in [3.8, 4) is 0 Å². The normalized spacial score (nSPS) is 24.0. The Morgan fingerprint density at radius 3 is 2.63 bits per heavy atom. The van der Waals surface area contributed by atoms with Crippen molar-refractivity contribution in [3.63, 3.8) is 0 Å². The number of piperidine rings is 2. The van der Waals surface area contributed by atoms with E-state index in [-0.39, 0.29) is 23.2 Å². The van der Waals surface area contributed by atoms with Crippen LogP contribution in [0.4, 0.5) is 0 Å². The van der Waals surface area contributed by atoms with Crippen molar-refractivity contribution < 1.29 is 9.59 Å². The van der Waals surface area contributed by atoms with Crippen LogP contribution >= 0.6 is 12.6 Å². The molecule has 2 aromatic carbocycles. The smallest absolute Gasteiger partial charge is 0.243 e. The second-order valence-electron chi connectivity index (χ2n) is 9.99. The van der Waals surface area contributed by atoms with Gasteiger partial charge in [-0.2, -0.15) is 12.6 Å². The van der Waals surface area contributed by atoms with Gasteiger partial charge in [-0.3, -0.25) is 29.7 Å². The minimum atomic E-state index is -0.304. The molecule has 0 spiro atoms. The van der Waals surface area contributed by atoms with Gasteiger partial charge >= 0.3 is 0 Å². The van der Waals surface area contributed by atoms with Crippen LogP contribution in [0.5, 0.6) is 0 Å². The summed E-state index contributed by atoms with van der Waals surface area (Å²) in [4.78, 5) is 33.1. The fourth-order valence-corrected chi connectivity index (χ4v) is 6.60. The molecular formula is C28H30N4O2S. The lowest BCUT2D eigenvalue weighted by Gasteiger charge is -2.33. The van der Waals surface area contributed by atoms with Crippen LogP contribution < -0.4 is 5.32 Å². The van der Waals surface area contributed by atoms with Gasteiger partial charge in [0.2, 0.25) is 11.8 Å². The number of benzene rings is 2. The molecule has 6 rings (SSSR count). The summed E-state index contributed by atoms with van der Waals surface area (Å²) in [6.45, 7) is 3.75. The number of thiol groups is 1. The quantitative estimate of drug-likeness (QED) is 0.428. The lowest BCUT2D eigenvalue weighted by molar-refractivity contribution is -0.137. The molecule has 0 aliphatic carbocycles. The Balaban J connectivity index is 1.15. The van der Waals surface area contributed by atoms with Gasteiger partial charge in [-0.15, -0.1) is 0 Å². The van der Waals surface area contributed by atoms with Crippen molar-refractivity contribution in [2.45, 2.75) is 56.1 Å². The van der Waals surface area contributed by atoms with E-state index in [0.717, 1.165) is 32.5 Å². The number of amides is 2. The summed E-state index contributed by atoms with van der Waals surface area (Å²) in [6.07, 6.45) is 7.09.